The maximum absolute atomic E-state index is 13.2. The summed E-state index contributed by atoms with van der Waals surface area (Å²) in [6, 6.07) is 5.35. The second-order valence-corrected chi connectivity index (χ2v) is 10.1. The highest BCUT2D eigenvalue weighted by molar-refractivity contribution is 7.86. The van der Waals surface area contributed by atoms with Gasteiger partial charge in [-0.15, -0.1) is 0 Å². The zero-order valence-corrected chi connectivity index (χ0v) is 20.8. The predicted molar refractivity (Wildman–Crippen MR) is 125 cm³/mol. The number of benzene rings is 1. The molecule has 11 nitrogen and oxygen atoms in total. The van der Waals surface area contributed by atoms with E-state index >= 15 is 0 Å². The molecule has 190 valence electrons. The monoisotopic (exact) mass is 498 g/mol. The molecule has 3 rings (SSSR count). The highest BCUT2D eigenvalue weighted by Gasteiger charge is 2.37. The van der Waals surface area contributed by atoms with E-state index in [0.29, 0.717) is 30.9 Å². The number of nitrogens with one attached hydrogen (secondary N) is 1. The summed E-state index contributed by atoms with van der Waals surface area (Å²) in [5, 5.41) is 2.91. The van der Waals surface area contributed by atoms with Crippen LogP contribution in [0.4, 0.5) is 4.79 Å². The van der Waals surface area contributed by atoms with Gasteiger partial charge in [-0.05, 0) is 38.0 Å². The van der Waals surface area contributed by atoms with Crippen LogP contribution in [0.15, 0.2) is 18.2 Å². The molecule has 0 aliphatic carbocycles. The first-order valence-electron chi connectivity index (χ1n) is 11.5. The number of nitrogens with zero attached hydrogens (tertiary/aromatic N) is 3. The second-order valence-electron chi connectivity index (χ2n) is 8.19. The summed E-state index contributed by atoms with van der Waals surface area (Å²) < 4.78 is 44.7. The minimum atomic E-state index is -3.73. The molecule has 1 N–H and O–H groups in total. The maximum atomic E-state index is 13.2. The Hall–Kier alpha value is -2.57. The molecule has 2 heterocycles. The Morgan fingerprint density at radius 2 is 1.79 bits per heavy atom. The Morgan fingerprint density at radius 1 is 1.06 bits per heavy atom. The van der Waals surface area contributed by atoms with Crippen molar-refractivity contribution in [1.29, 1.82) is 0 Å². The first kappa shape index (κ1) is 26.0. The lowest BCUT2D eigenvalue weighted by molar-refractivity contribution is -0.126. The Balaban J connectivity index is 1.57. The van der Waals surface area contributed by atoms with Crippen molar-refractivity contribution in [2.45, 2.75) is 26.3 Å². The quantitative estimate of drug-likeness (QED) is 0.569. The van der Waals surface area contributed by atoms with Crippen LogP contribution in [0.25, 0.3) is 0 Å². The fourth-order valence-electron chi connectivity index (χ4n) is 4.19. The van der Waals surface area contributed by atoms with Crippen molar-refractivity contribution in [3.63, 3.8) is 0 Å². The third-order valence-electron chi connectivity index (χ3n) is 6.11. The van der Waals surface area contributed by atoms with Gasteiger partial charge in [0.1, 0.15) is 11.5 Å². The molecule has 0 saturated carbocycles. The third kappa shape index (κ3) is 6.10. The average Bonchev–Trinajstić information content (AvgIpc) is 2.87. The molecule has 1 aromatic carbocycles. The summed E-state index contributed by atoms with van der Waals surface area (Å²) in [6.07, 6.45) is 0.786. The first-order chi connectivity index (χ1) is 16.3. The molecular formula is C22H34N4O7S. The van der Waals surface area contributed by atoms with E-state index in [1.807, 2.05) is 0 Å². The SMILES string of the molecule is CCOC(=O)N1CCN(S(=O)(=O)N2CCC[C@H](C(=O)NCc3cc(OC)ccc3OC)C2)CC1. The number of piperazine rings is 1. The number of ether oxygens (including phenoxy) is 3. The smallest absolute Gasteiger partial charge is 0.409 e. The lowest BCUT2D eigenvalue weighted by Crippen LogP contribution is -2.56. The number of piperidine rings is 1. The molecule has 2 aliphatic heterocycles. The number of carbonyl (C=O) groups excluding carboxylic acids is 2. The fraction of sp³-hybridized carbons (Fsp3) is 0.636. The summed E-state index contributed by atoms with van der Waals surface area (Å²) >= 11 is 0. The number of hydrogen-bond acceptors (Lipinski definition) is 7. The van der Waals surface area contributed by atoms with Crippen molar-refractivity contribution in [3.05, 3.63) is 23.8 Å². The largest absolute Gasteiger partial charge is 0.497 e. The Kier molecular flexibility index (Phi) is 8.97. The van der Waals surface area contributed by atoms with E-state index in [0.717, 1.165) is 5.56 Å². The highest BCUT2D eigenvalue weighted by atomic mass is 32.2. The molecule has 34 heavy (non-hydrogen) atoms. The van der Waals surface area contributed by atoms with Crippen molar-refractivity contribution >= 4 is 22.2 Å². The van der Waals surface area contributed by atoms with E-state index in [1.165, 1.54) is 13.5 Å². The number of hydrogen-bond donors (Lipinski definition) is 1. The number of methoxy groups -OCH3 is 2. The zero-order valence-electron chi connectivity index (χ0n) is 20.0. The van der Waals surface area contributed by atoms with Crippen LogP contribution in [0.2, 0.25) is 0 Å². The Bertz CT molecular complexity index is 964. The molecule has 0 aromatic heterocycles. The van der Waals surface area contributed by atoms with E-state index in [9.17, 15) is 18.0 Å². The third-order valence-corrected chi connectivity index (χ3v) is 8.11. The lowest BCUT2D eigenvalue weighted by atomic mass is 9.98. The van der Waals surface area contributed by atoms with E-state index in [1.54, 1.807) is 39.3 Å². The normalized spacial score (nSPS) is 20.0. The van der Waals surface area contributed by atoms with Crippen LogP contribution in [0, 0.1) is 5.92 Å². The van der Waals surface area contributed by atoms with Gasteiger partial charge < -0.3 is 24.4 Å². The van der Waals surface area contributed by atoms with Crippen LogP contribution in [0.3, 0.4) is 0 Å². The van der Waals surface area contributed by atoms with E-state index in [4.69, 9.17) is 14.2 Å². The molecule has 2 amide bonds. The molecule has 0 spiro atoms. The molecule has 0 radical (unpaired) electrons. The van der Waals surface area contributed by atoms with Crippen molar-refractivity contribution in [3.8, 4) is 11.5 Å². The van der Waals surface area contributed by atoms with Crippen molar-refractivity contribution in [2.24, 2.45) is 5.92 Å². The predicted octanol–water partition coefficient (Wildman–Crippen LogP) is 1.05. The molecular weight excluding hydrogens is 464 g/mol. The Morgan fingerprint density at radius 3 is 2.44 bits per heavy atom. The van der Waals surface area contributed by atoms with Crippen LogP contribution < -0.4 is 14.8 Å². The summed E-state index contributed by atoms with van der Waals surface area (Å²) in [5.41, 5.74) is 0.773. The molecule has 1 atom stereocenters. The minimum absolute atomic E-state index is 0.126. The minimum Gasteiger partial charge on any atom is -0.497 e. The molecule has 2 saturated heterocycles. The van der Waals surface area contributed by atoms with Crippen LogP contribution in [-0.4, -0.2) is 94.0 Å². The van der Waals surface area contributed by atoms with Gasteiger partial charge in [0.25, 0.3) is 10.2 Å². The Labute approximate surface area is 201 Å². The molecule has 1 aromatic rings. The van der Waals surface area contributed by atoms with Gasteiger partial charge in [0, 0.05) is 51.4 Å². The summed E-state index contributed by atoms with van der Waals surface area (Å²) in [6.45, 7) is 3.70. The van der Waals surface area contributed by atoms with Gasteiger partial charge >= 0.3 is 6.09 Å². The molecule has 0 unspecified atom stereocenters. The number of amides is 2. The van der Waals surface area contributed by atoms with Crippen LogP contribution >= 0.6 is 0 Å². The summed E-state index contributed by atoms with van der Waals surface area (Å²) in [4.78, 5) is 26.3. The lowest BCUT2D eigenvalue weighted by Gasteiger charge is -2.38. The molecule has 2 aliphatic rings. The number of rotatable bonds is 8. The van der Waals surface area contributed by atoms with Crippen LogP contribution in [0.1, 0.15) is 25.3 Å². The van der Waals surface area contributed by atoms with E-state index < -0.39 is 22.2 Å². The molecule has 12 heteroatoms. The van der Waals surface area contributed by atoms with Crippen molar-refractivity contribution in [1.82, 2.24) is 18.8 Å². The van der Waals surface area contributed by atoms with Gasteiger partial charge in [-0.2, -0.15) is 17.0 Å². The van der Waals surface area contributed by atoms with Crippen molar-refractivity contribution in [2.75, 3.05) is 60.1 Å². The number of carbonyl (C=O) groups is 2. The van der Waals surface area contributed by atoms with Crippen LogP contribution in [-0.2, 0) is 26.3 Å². The van der Waals surface area contributed by atoms with Gasteiger partial charge in [-0.1, -0.05) is 0 Å². The second kappa shape index (κ2) is 11.7. The van der Waals surface area contributed by atoms with Crippen LogP contribution in [0.5, 0.6) is 11.5 Å². The molecule has 0 bridgehead atoms. The van der Waals surface area contributed by atoms with Crippen molar-refractivity contribution < 1.29 is 32.2 Å². The van der Waals surface area contributed by atoms with Gasteiger partial charge in [0.15, 0.2) is 0 Å². The van der Waals surface area contributed by atoms with Gasteiger partial charge in [-0.25, -0.2) is 4.79 Å². The van der Waals surface area contributed by atoms with Gasteiger partial charge in [0.05, 0.1) is 26.7 Å². The first-order valence-corrected chi connectivity index (χ1v) is 12.8. The zero-order chi connectivity index (χ0) is 24.7. The van der Waals surface area contributed by atoms with Gasteiger partial charge in [0.2, 0.25) is 5.91 Å². The summed E-state index contributed by atoms with van der Waals surface area (Å²) in [7, 11) is -0.602. The fourth-order valence-corrected chi connectivity index (χ4v) is 5.87. The topological polar surface area (TPSA) is 118 Å². The average molecular weight is 499 g/mol. The standard InChI is InChI=1S/C22H34N4O7S/c1-4-33-22(28)24-10-12-25(13-11-24)34(29,30)26-9-5-6-17(16-26)21(27)23-15-18-14-19(31-2)7-8-20(18)32-3/h7-8,14,17H,4-6,9-13,15-16H2,1-3H3,(H,23,27)/t17-/m0/s1. The van der Waals surface area contributed by atoms with Gasteiger partial charge in [-0.3, -0.25) is 4.79 Å². The maximum Gasteiger partial charge on any atom is 0.409 e. The highest BCUT2D eigenvalue weighted by Crippen LogP contribution is 2.25. The van der Waals surface area contributed by atoms with E-state index in [-0.39, 0.29) is 51.8 Å². The summed E-state index contributed by atoms with van der Waals surface area (Å²) in [5.74, 6) is 0.650. The van der Waals surface area contributed by atoms with E-state index in [2.05, 4.69) is 5.32 Å². The molecule has 2 fully saturated rings.